The fourth-order valence-electron chi connectivity index (χ4n) is 4.42. The third-order valence-corrected chi connectivity index (χ3v) is 6.69. The molecule has 1 aromatic rings. The Hall–Kier alpha value is -1.66. The highest BCUT2D eigenvalue weighted by molar-refractivity contribution is 6.31. The van der Waals surface area contributed by atoms with Crippen molar-refractivity contribution in [2.45, 2.75) is 77.7 Å². The lowest BCUT2D eigenvalue weighted by atomic mass is 9.70. The quantitative estimate of drug-likeness (QED) is 0.433. The normalized spacial score (nSPS) is 22.9. The molecule has 4 nitrogen and oxygen atoms in total. The first-order chi connectivity index (χ1) is 15.0. The van der Waals surface area contributed by atoms with E-state index in [2.05, 4.69) is 26.1 Å². The van der Waals surface area contributed by atoms with Crippen LogP contribution in [-0.2, 0) is 16.7 Å². The molecule has 0 bridgehead atoms. The van der Waals surface area contributed by atoms with Crippen molar-refractivity contribution in [2.24, 2.45) is 5.41 Å². The van der Waals surface area contributed by atoms with Gasteiger partial charge in [0.1, 0.15) is 0 Å². The number of fused-ring (bicyclic) bond motifs is 1. The van der Waals surface area contributed by atoms with Gasteiger partial charge in [-0.05, 0) is 60.8 Å². The first-order valence-electron chi connectivity index (χ1n) is 11.5. The van der Waals surface area contributed by atoms with Crippen LogP contribution < -0.4 is 5.32 Å². The van der Waals surface area contributed by atoms with Crippen LogP contribution in [0, 0.1) is 5.41 Å². The molecular weight excluding hydrogens is 434 g/mol. The topological polar surface area (TPSA) is 41.6 Å². The van der Waals surface area contributed by atoms with Crippen LogP contribution in [0.25, 0.3) is 0 Å². The minimum atomic E-state index is -2.79. The molecule has 1 unspecified atom stereocenters. The average molecular weight is 469 g/mol. The summed E-state index contributed by atoms with van der Waals surface area (Å²) in [5.74, 6) is -2.79. The monoisotopic (exact) mass is 468 g/mol. The van der Waals surface area contributed by atoms with Gasteiger partial charge in [-0.25, -0.2) is 13.6 Å². The van der Waals surface area contributed by atoms with Gasteiger partial charge in [0.05, 0.1) is 5.54 Å². The minimum Gasteiger partial charge on any atom is -0.382 e. The number of halogens is 3. The van der Waals surface area contributed by atoms with Gasteiger partial charge in [-0.1, -0.05) is 44.5 Å². The Bertz CT molecular complexity index is 866. The van der Waals surface area contributed by atoms with Gasteiger partial charge >= 0.3 is 6.03 Å². The fourth-order valence-corrected chi connectivity index (χ4v) is 4.70. The zero-order chi connectivity index (χ0) is 23.6. The molecule has 1 N–H and O–H groups in total. The minimum absolute atomic E-state index is 0.141. The molecule has 32 heavy (non-hydrogen) atoms. The fraction of sp³-hybridized carbons (Fsp3) is 0.640. The van der Waals surface area contributed by atoms with Crippen LogP contribution in [0.4, 0.5) is 13.6 Å². The lowest BCUT2D eigenvalue weighted by molar-refractivity contribution is -0.0356. The number of nitrogens with one attached hydrogen (secondary N) is 1. The molecule has 1 atom stereocenters. The molecule has 0 spiro atoms. The largest absolute Gasteiger partial charge is 0.382 e. The molecule has 3 rings (SSSR count). The number of aryl methyl sites for hydroxylation is 1. The van der Waals surface area contributed by atoms with Crippen molar-refractivity contribution in [1.29, 1.82) is 0 Å². The van der Waals surface area contributed by atoms with Gasteiger partial charge in [-0.2, -0.15) is 0 Å². The molecule has 7 heteroatoms. The van der Waals surface area contributed by atoms with Gasteiger partial charge in [-0.15, -0.1) is 0 Å². The number of rotatable bonds is 8. The predicted octanol–water partition coefficient (Wildman–Crippen LogP) is 6.67. The Morgan fingerprint density at radius 1 is 1.25 bits per heavy atom. The summed E-state index contributed by atoms with van der Waals surface area (Å²) >= 11 is 6.62. The zero-order valence-electron chi connectivity index (χ0n) is 19.6. The van der Waals surface area contributed by atoms with E-state index in [9.17, 15) is 13.6 Å². The van der Waals surface area contributed by atoms with E-state index in [0.717, 1.165) is 24.0 Å². The maximum Gasteiger partial charge on any atom is 0.322 e. The van der Waals surface area contributed by atoms with Crippen LogP contribution >= 0.6 is 11.6 Å². The molecule has 2 aliphatic rings. The summed E-state index contributed by atoms with van der Waals surface area (Å²) in [6.45, 7) is 10.0. The lowest BCUT2D eigenvalue weighted by Gasteiger charge is -2.47. The Morgan fingerprint density at radius 2 is 2.00 bits per heavy atom. The number of carbonyl (C=O) groups is 1. The van der Waals surface area contributed by atoms with Gasteiger partial charge in [0.25, 0.3) is 5.92 Å². The van der Waals surface area contributed by atoms with Crippen LogP contribution in [0.2, 0.25) is 5.02 Å². The van der Waals surface area contributed by atoms with E-state index in [1.165, 1.54) is 4.90 Å². The number of ether oxygens (including phenoxy) is 1. The highest BCUT2D eigenvalue weighted by atomic mass is 35.5. The molecular formula is C25H35ClF2N2O2. The maximum atomic E-state index is 14.4. The number of benzene rings is 1. The van der Waals surface area contributed by atoms with Gasteiger partial charge < -0.3 is 15.0 Å². The van der Waals surface area contributed by atoms with Crippen LogP contribution in [0.15, 0.2) is 30.0 Å². The van der Waals surface area contributed by atoms with Gasteiger partial charge in [-0.3, -0.25) is 0 Å². The Morgan fingerprint density at radius 3 is 2.66 bits per heavy atom. The first kappa shape index (κ1) is 25.0. The SMILES string of the molecule is CCOCCCN1C=C2CC(F)(F)CCC2(c2ccc(CCC(C)(C)C)c(Cl)c2)NC1=O. The summed E-state index contributed by atoms with van der Waals surface area (Å²) < 4.78 is 34.1. The standard InChI is InChI=1S/C25H35ClF2N2O2/c1-5-32-14-6-13-30-17-20-16-24(27,28)11-12-25(20,29-22(30)31)19-8-7-18(21(26)15-19)9-10-23(2,3)4/h7-8,15,17H,5-6,9-14,16H2,1-4H3,(H,29,31). The molecule has 1 aromatic carbocycles. The molecule has 1 heterocycles. The summed E-state index contributed by atoms with van der Waals surface area (Å²) in [6, 6.07) is 5.49. The van der Waals surface area contributed by atoms with Crippen molar-refractivity contribution in [3.8, 4) is 0 Å². The van der Waals surface area contributed by atoms with Crippen molar-refractivity contribution < 1.29 is 18.3 Å². The maximum absolute atomic E-state index is 14.4. The van der Waals surface area contributed by atoms with Crippen molar-refractivity contribution in [3.63, 3.8) is 0 Å². The molecule has 178 valence electrons. The molecule has 0 radical (unpaired) electrons. The third kappa shape index (κ3) is 5.82. The van der Waals surface area contributed by atoms with E-state index >= 15 is 0 Å². The number of urea groups is 1. The van der Waals surface area contributed by atoms with E-state index in [1.54, 1.807) is 6.20 Å². The molecule has 0 aromatic heterocycles. The second kappa shape index (κ2) is 9.68. The van der Waals surface area contributed by atoms with Crippen LogP contribution in [0.3, 0.4) is 0 Å². The molecule has 0 saturated heterocycles. The third-order valence-electron chi connectivity index (χ3n) is 6.34. The van der Waals surface area contributed by atoms with Gasteiger partial charge in [0.15, 0.2) is 0 Å². The van der Waals surface area contributed by atoms with Crippen molar-refractivity contribution in [1.82, 2.24) is 10.2 Å². The lowest BCUT2D eigenvalue weighted by Crippen LogP contribution is -2.58. The van der Waals surface area contributed by atoms with E-state index in [0.29, 0.717) is 36.8 Å². The van der Waals surface area contributed by atoms with Crippen molar-refractivity contribution in [2.75, 3.05) is 19.8 Å². The van der Waals surface area contributed by atoms with Crippen molar-refractivity contribution in [3.05, 3.63) is 46.1 Å². The summed E-state index contributed by atoms with van der Waals surface area (Å²) in [7, 11) is 0. The summed E-state index contributed by atoms with van der Waals surface area (Å²) in [5.41, 5.74) is 1.58. The van der Waals surface area contributed by atoms with E-state index in [-0.39, 0.29) is 30.7 Å². The Balaban J connectivity index is 1.89. The number of hydrogen-bond donors (Lipinski definition) is 1. The van der Waals surface area contributed by atoms with Gasteiger partial charge in [0.2, 0.25) is 0 Å². The van der Waals surface area contributed by atoms with E-state index in [1.807, 2.05) is 25.1 Å². The average Bonchev–Trinajstić information content (AvgIpc) is 2.70. The van der Waals surface area contributed by atoms with Crippen molar-refractivity contribution >= 4 is 17.6 Å². The van der Waals surface area contributed by atoms with Crippen LogP contribution in [0.5, 0.6) is 0 Å². The number of nitrogens with zero attached hydrogens (tertiary/aromatic N) is 1. The second-order valence-corrected chi connectivity index (χ2v) is 10.5. The van der Waals surface area contributed by atoms with Gasteiger partial charge in [0, 0.05) is 43.8 Å². The number of carbonyl (C=O) groups excluding carboxylic acids is 1. The van der Waals surface area contributed by atoms with E-state index < -0.39 is 11.5 Å². The summed E-state index contributed by atoms with van der Waals surface area (Å²) in [5, 5.41) is 3.68. The zero-order valence-corrected chi connectivity index (χ0v) is 20.3. The molecule has 1 aliphatic heterocycles. The second-order valence-electron chi connectivity index (χ2n) is 10.1. The number of hydrogen-bond acceptors (Lipinski definition) is 2. The highest BCUT2D eigenvalue weighted by Gasteiger charge is 2.51. The van der Waals surface area contributed by atoms with Crippen LogP contribution in [0.1, 0.15) is 70.9 Å². The van der Waals surface area contributed by atoms with E-state index in [4.69, 9.17) is 16.3 Å². The highest BCUT2D eigenvalue weighted by Crippen LogP contribution is 2.49. The molecule has 1 saturated carbocycles. The number of amides is 2. The molecule has 1 fully saturated rings. The Kier molecular flexibility index (Phi) is 7.55. The predicted molar refractivity (Wildman–Crippen MR) is 124 cm³/mol. The molecule has 2 amide bonds. The summed E-state index contributed by atoms with van der Waals surface area (Å²) in [6.07, 6.45) is 3.58. The smallest absolute Gasteiger partial charge is 0.322 e. The Labute approximate surface area is 195 Å². The summed E-state index contributed by atoms with van der Waals surface area (Å²) in [4.78, 5) is 14.4. The first-order valence-corrected chi connectivity index (χ1v) is 11.9. The van der Waals surface area contributed by atoms with Crippen LogP contribution in [-0.4, -0.2) is 36.6 Å². The molecule has 1 aliphatic carbocycles. The number of alkyl halides is 2.